The zero-order valence-corrected chi connectivity index (χ0v) is 19.0. The summed E-state index contributed by atoms with van der Waals surface area (Å²) in [7, 11) is 1.49. The molecule has 0 aliphatic carbocycles. The van der Waals surface area contributed by atoms with Crippen molar-refractivity contribution in [1.29, 1.82) is 0 Å². The number of nitrogens with one attached hydrogen (secondary N) is 1. The predicted molar refractivity (Wildman–Crippen MR) is 129 cm³/mol. The van der Waals surface area contributed by atoms with Gasteiger partial charge in [0.1, 0.15) is 0 Å². The average molecular weight is 456 g/mol. The Morgan fingerprint density at radius 1 is 0.941 bits per heavy atom. The van der Waals surface area contributed by atoms with Crippen molar-refractivity contribution in [2.75, 3.05) is 13.7 Å². The molecule has 0 spiro atoms. The van der Waals surface area contributed by atoms with Gasteiger partial charge in [0.2, 0.25) is 0 Å². The van der Waals surface area contributed by atoms with Crippen LogP contribution in [0, 0.1) is 0 Å². The number of aromatic nitrogens is 2. The Balaban J connectivity index is 1.46. The molecule has 34 heavy (non-hydrogen) atoms. The molecule has 0 aliphatic heterocycles. The van der Waals surface area contributed by atoms with E-state index in [0.29, 0.717) is 23.6 Å². The number of carbonyl (C=O) groups is 2. The van der Waals surface area contributed by atoms with Gasteiger partial charge in [-0.2, -0.15) is 5.10 Å². The van der Waals surface area contributed by atoms with Crippen molar-refractivity contribution in [3.8, 4) is 28.4 Å². The van der Waals surface area contributed by atoms with Gasteiger partial charge < -0.3 is 14.8 Å². The van der Waals surface area contributed by atoms with E-state index in [2.05, 4.69) is 5.32 Å². The van der Waals surface area contributed by atoms with Crippen LogP contribution in [0.4, 0.5) is 0 Å². The number of Topliss-reactive ketones (excluding diaryl/α,β-unsaturated/α-hetero) is 1. The van der Waals surface area contributed by atoms with E-state index in [1.807, 2.05) is 71.5 Å². The molecule has 3 aromatic carbocycles. The highest BCUT2D eigenvalue weighted by Gasteiger charge is 2.14. The lowest BCUT2D eigenvalue weighted by atomic mass is 10.1. The van der Waals surface area contributed by atoms with Crippen molar-refractivity contribution < 1.29 is 19.1 Å². The number of ketones is 1. The monoisotopic (exact) mass is 455 g/mol. The van der Waals surface area contributed by atoms with Gasteiger partial charge in [-0.15, -0.1) is 0 Å². The molecule has 0 fully saturated rings. The van der Waals surface area contributed by atoms with Crippen LogP contribution in [0.2, 0.25) is 0 Å². The molecular weight excluding hydrogens is 430 g/mol. The van der Waals surface area contributed by atoms with Gasteiger partial charge in [-0.3, -0.25) is 9.59 Å². The van der Waals surface area contributed by atoms with E-state index in [9.17, 15) is 9.59 Å². The number of benzene rings is 3. The minimum Gasteiger partial charge on any atom is -0.493 e. The fraction of sp³-hybridized carbons (Fsp3) is 0.148. The number of ether oxygens (including phenoxy) is 2. The van der Waals surface area contributed by atoms with Gasteiger partial charge in [0.15, 0.2) is 23.9 Å². The smallest absolute Gasteiger partial charge is 0.258 e. The maximum Gasteiger partial charge on any atom is 0.258 e. The van der Waals surface area contributed by atoms with Gasteiger partial charge >= 0.3 is 0 Å². The minimum absolute atomic E-state index is 0.0761. The van der Waals surface area contributed by atoms with Crippen molar-refractivity contribution in [3.63, 3.8) is 0 Å². The molecule has 4 rings (SSSR count). The number of hydrogen-bond acceptors (Lipinski definition) is 5. The van der Waals surface area contributed by atoms with Gasteiger partial charge in [-0.25, -0.2) is 4.68 Å². The fourth-order valence-corrected chi connectivity index (χ4v) is 3.49. The van der Waals surface area contributed by atoms with Crippen LogP contribution in [-0.4, -0.2) is 35.2 Å². The van der Waals surface area contributed by atoms with Crippen molar-refractivity contribution in [1.82, 2.24) is 15.1 Å². The van der Waals surface area contributed by atoms with E-state index >= 15 is 0 Å². The molecule has 7 heteroatoms. The summed E-state index contributed by atoms with van der Waals surface area (Å²) in [6.45, 7) is 1.58. The van der Waals surface area contributed by atoms with Crippen LogP contribution in [0.25, 0.3) is 16.9 Å². The number of para-hydroxylation sites is 1. The quantitative estimate of drug-likeness (QED) is 0.377. The lowest BCUT2D eigenvalue weighted by Crippen LogP contribution is -2.28. The summed E-state index contributed by atoms with van der Waals surface area (Å²) >= 11 is 0. The van der Waals surface area contributed by atoms with Gasteiger partial charge in [-0.05, 0) is 37.3 Å². The van der Waals surface area contributed by atoms with Gasteiger partial charge in [-0.1, -0.05) is 48.5 Å². The highest BCUT2D eigenvalue weighted by Crippen LogP contribution is 2.28. The second kappa shape index (κ2) is 10.5. The predicted octanol–water partition coefficient (Wildman–Crippen LogP) is 4.45. The molecule has 0 saturated carbocycles. The van der Waals surface area contributed by atoms with E-state index in [-0.39, 0.29) is 18.3 Å². The van der Waals surface area contributed by atoms with Crippen LogP contribution in [0.3, 0.4) is 0 Å². The Morgan fingerprint density at radius 3 is 2.32 bits per heavy atom. The molecule has 0 aliphatic rings. The molecule has 0 atom stereocenters. The highest BCUT2D eigenvalue weighted by atomic mass is 16.5. The number of rotatable bonds is 9. The van der Waals surface area contributed by atoms with E-state index in [1.165, 1.54) is 14.0 Å². The van der Waals surface area contributed by atoms with Crippen LogP contribution in [-0.2, 0) is 11.3 Å². The first-order chi connectivity index (χ1) is 16.5. The van der Waals surface area contributed by atoms with Crippen molar-refractivity contribution in [3.05, 3.63) is 96.2 Å². The first-order valence-electron chi connectivity index (χ1n) is 10.8. The third kappa shape index (κ3) is 5.32. The summed E-state index contributed by atoms with van der Waals surface area (Å²) in [5, 5.41) is 7.66. The van der Waals surface area contributed by atoms with E-state index in [1.54, 1.807) is 18.2 Å². The van der Waals surface area contributed by atoms with E-state index in [0.717, 1.165) is 22.5 Å². The van der Waals surface area contributed by atoms with Gasteiger partial charge in [0, 0.05) is 29.4 Å². The third-order valence-corrected chi connectivity index (χ3v) is 5.26. The van der Waals surface area contributed by atoms with Gasteiger partial charge in [0.25, 0.3) is 5.91 Å². The molecule has 0 saturated heterocycles. The molecule has 0 unspecified atom stereocenters. The second-order valence-corrected chi connectivity index (χ2v) is 7.64. The number of methoxy groups -OCH3 is 1. The average Bonchev–Trinajstić information content (AvgIpc) is 3.31. The SMILES string of the molecule is COc1cc(C(C)=O)ccc1OCC(=O)NCc1cn(-c2ccccc2)nc1-c1ccccc1. The maximum atomic E-state index is 12.5. The van der Waals surface area contributed by atoms with Crippen molar-refractivity contribution >= 4 is 11.7 Å². The normalized spacial score (nSPS) is 10.5. The molecule has 0 bridgehead atoms. The van der Waals surface area contributed by atoms with E-state index in [4.69, 9.17) is 14.6 Å². The van der Waals surface area contributed by atoms with Crippen molar-refractivity contribution in [2.45, 2.75) is 13.5 Å². The standard InChI is InChI=1S/C27H25N3O4/c1-19(31)21-13-14-24(25(15-21)33-2)34-18-26(32)28-16-22-17-30(23-11-7-4-8-12-23)29-27(22)20-9-5-3-6-10-20/h3-15,17H,16,18H2,1-2H3,(H,28,32). The molecule has 4 aromatic rings. The summed E-state index contributed by atoms with van der Waals surface area (Å²) in [5.41, 5.74) is 4.09. The van der Waals surface area contributed by atoms with Crippen LogP contribution in [0.1, 0.15) is 22.8 Å². The summed E-state index contributed by atoms with van der Waals surface area (Å²) in [6, 6.07) is 24.5. The lowest BCUT2D eigenvalue weighted by Gasteiger charge is -2.11. The summed E-state index contributed by atoms with van der Waals surface area (Å²) < 4.78 is 12.7. The third-order valence-electron chi connectivity index (χ3n) is 5.26. The summed E-state index contributed by atoms with van der Waals surface area (Å²) in [4.78, 5) is 24.1. The molecule has 1 heterocycles. The molecular formula is C27H25N3O4. The fourth-order valence-electron chi connectivity index (χ4n) is 3.49. The highest BCUT2D eigenvalue weighted by molar-refractivity contribution is 5.94. The topological polar surface area (TPSA) is 82.5 Å². The van der Waals surface area contributed by atoms with Crippen LogP contribution in [0.5, 0.6) is 11.5 Å². The Kier molecular flexibility index (Phi) is 7.03. The number of nitrogens with zero attached hydrogens (tertiary/aromatic N) is 2. The Labute approximate surface area is 197 Å². The zero-order chi connectivity index (χ0) is 23.9. The van der Waals surface area contributed by atoms with Crippen LogP contribution >= 0.6 is 0 Å². The second-order valence-electron chi connectivity index (χ2n) is 7.64. The first-order valence-corrected chi connectivity index (χ1v) is 10.8. The first kappa shape index (κ1) is 22.8. The molecule has 1 N–H and O–H groups in total. The zero-order valence-electron chi connectivity index (χ0n) is 19.0. The lowest BCUT2D eigenvalue weighted by molar-refractivity contribution is -0.123. The number of hydrogen-bond donors (Lipinski definition) is 1. The maximum absolute atomic E-state index is 12.5. The van der Waals surface area contributed by atoms with E-state index < -0.39 is 0 Å². The summed E-state index contributed by atoms with van der Waals surface area (Å²) in [6.07, 6.45) is 1.92. The number of amides is 1. The molecule has 1 amide bonds. The molecule has 172 valence electrons. The number of carbonyl (C=O) groups excluding carboxylic acids is 2. The van der Waals surface area contributed by atoms with Gasteiger partial charge in [0.05, 0.1) is 18.5 Å². The molecule has 1 aromatic heterocycles. The summed E-state index contributed by atoms with van der Waals surface area (Å²) in [5.74, 6) is 0.428. The van der Waals surface area contributed by atoms with Crippen molar-refractivity contribution in [2.24, 2.45) is 0 Å². The Hall–Kier alpha value is -4.39. The Bertz CT molecular complexity index is 1280. The minimum atomic E-state index is -0.288. The largest absolute Gasteiger partial charge is 0.493 e. The Morgan fingerprint density at radius 2 is 1.65 bits per heavy atom. The molecule has 0 radical (unpaired) electrons. The molecule has 7 nitrogen and oxygen atoms in total. The van der Waals surface area contributed by atoms with Crippen LogP contribution in [0.15, 0.2) is 85.1 Å². The van der Waals surface area contributed by atoms with Crippen LogP contribution < -0.4 is 14.8 Å².